The van der Waals surface area contributed by atoms with E-state index in [1.54, 1.807) is 4.90 Å². The van der Waals surface area contributed by atoms with Crippen molar-refractivity contribution >= 4 is 47.0 Å². The molecule has 1 aromatic rings. The van der Waals surface area contributed by atoms with Crippen molar-refractivity contribution in [2.45, 2.75) is 17.6 Å². The summed E-state index contributed by atoms with van der Waals surface area (Å²) in [5.74, 6) is -1.22. The van der Waals surface area contributed by atoms with Crippen LogP contribution in [0.2, 0.25) is 5.02 Å². The molecular weight excluding hydrogens is 489 g/mol. The van der Waals surface area contributed by atoms with Gasteiger partial charge in [-0.05, 0) is 6.07 Å². The number of nitrogens with zero attached hydrogens (tertiary/aromatic N) is 4. The Kier molecular flexibility index (Phi) is 7.96. The number of ether oxygens (including phenoxy) is 2. The van der Waals surface area contributed by atoms with Crippen LogP contribution in [0.15, 0.2) is 12.3 Å². The number of hydrogen-bond acceptors (Lipinski definition) is 9. The molecule has 2 unspecified atom stereocenters. The number of esters is 2. The SMILES string of the molecule is COC(=O)C1CSC(C(=O)OC)N1C(=O)CN1CCN(c2ncc(C(F)(F)F)cc2Cl)CC1. The second-order valence-corrected chi connectivity index (χ2v) is 8.86. The molecule has 3 rings (SSSR count). The number of thioether (sulfide) groups is 1. The van der Waals surface area contributed by atoms with Crippen LogP contribution >= 0.6 is 23.4 Å². The highest BCUT2D eigenvalue weighted by molar-refractivity contribution is 8.00. The van der Waals surface area contributed by atoms with Crippen molar-refractivity contribution in [1.82, 2.24) is 14.8 Å². The molecule has 1 amide bonds. The third-order valence-corrected chi connectivity index (χ3v) is 6.87. The standard InChI is InChI=1S/C19H22ClF3N4O5S/c1-31-17(29)13-10-33-16(18(30)32-2)27(13)14(28)9-25-3-5-26(6-4-25)15-12(20)7-11(8-24-15)19(21,22)23/h7-8,13,16H,3-6,9-10H2,1-2H3. The Labute approximate surface area is 197 Å². The number of pyridine rings is 1. The molecule has 2 saturated heterocycles. The van der Waals surface area contributed by atoms with Gasteiger partial charge < -0.3 is 19.3 Å². The maximum Gasteiger partial charge on any atom is 0.417 e. The van der Waals surface area contributed by atoms with E-state index in [4.69, 9.17) is 21.1 Å². The first-order valence-corrected chi connectivity index (χ1v) is 11.3. The maximum absolute atomic E-state index is 13.0. The van der Waals surface area contributed by atoms with Crippen LogP contribution in [0.25, 0.3) is 0 Å². The topological polar surface area (TPSA) is 92.3 Å². The molecule has 2 atom stereocenters. The second-order valence-electron chi connectivity index (χ2n) is 7.34. The predicted octanol–water partition coefficient (Wildman–Crippen LogP) is 1.49. The fourth-order valence-corrected chi connectivity index (χ4v) is 5.22. The van der Waals surface area contributed by atoms with Gasteiger partial charge in [-0.2, -0.15) is 13.2 Å². The van der Waals surface area contributed by atoms with E-state index in [2.05, 4.69) is 4.98 Å². The van der Waals surface area contributed by atoms with Crippen LogP contribution in [-0.2, 0) is 30.0 Å². The number of anilines is 1. The van der Waals surface area contributed by atoms with Crippen molar-refractivity contribution in [3.8, 4) is 0 Å². The van der Waals surface area contributed by atoms with Crippen LogP contribution in [0.5, 0.6) is 0 Å². The van der Waals surface area contributed by atoms with Crippen LogP contribution in [0.3, 0.4) is 0 Å². The first-order valence-electron chi connectivity index (χ1n) is 9.85. The maximum atomic E-state index is 13.0. The minimum atomic E-state index is -4.54. The van der Waals surface area contributed by atoms with Crippen molar-refractivity contribution in [3.63, 3.8) is 0 Å². The molecule has 0 aromatic carbocycles. The minimum absolute atomic E-state index is 0.0520. The van der Waals surface area contributed by atoms with E-state index in [0.717, 1.165) is 24.0 Å². The summed E-state index contributed by atoms with van der Waals surface area (Å²) in [5.41, 5.74) is -0.927. The molecule has 0 bridgehead atoms. The van der Waals surface area contributed by atoms with E-state index in [-0.39, 0.29) is 23.1 Å². The number of hydrogen-bond donors (Lipinski definition) is 0. The van der Waals surface area contributed by atoms with E-state index >= 15 is 0 Å². The zero-order chi connectivity index (χ0) is 24.3. The lowest BCUT2D eigenvalue weighted by molar-refractivity contribution is -0.157. The van der Waals surface area contributed by atoms with Crippen molar-refractivity contribution < 1.29 is 37.0 Å². The monoisotopic (exact) mass is 510 g/mol. The quantitative estimate of drug-likeness (QED) is 0.546. The molecule has 2 aliphatic rings. The number of carbonyl (C=O) groups is 3. The molecule has 14 heteroatoms. The fourth-order valence-electron chi connectivity index (χ4n) is 3.62. The number of halogens is 4. The van der Waals surface area contributed by atoms with Gasteiger partial charge >= 0.3 is 18.1 Å². The molecule has 9 nitrogen and oxygen atoms in total. The van der Waals surface area contributed by atoms with E-state index in [1.807, 2.05) is 4.90 Å². The molecule has 0 radical (unpaired) electrons. The smallest absolute Gasteiger partial charge is 0.417 e. The molecule has 1 aromatic heterocycles. The average molecular weight is 511 g/mol. The summed E-state index contributed by atoms with van der Waals surface area (Å²) in [4.78, 5) is 45.8. The molecule has 33 heavy (non-hydrogen) atoms. The molecule has 0 aliphatic carbocycles. The number of rotatable bonds is 5. The molecular formula is C19H22ClF3N4O5S. The van der Waals surface area contributed by atoms with Gasteiger partial charge in [0.2, 0.25) is 5.91 Å². The molecule has 2 fully saturated rings. The van der Waals surface area contributed by atoms with Gasteiger partial charge in [-0.15, -0.1) is 11.8 Å². The van der Waals surface area contributed by atoms with Gasteiger partial charge in [0.15, 0.2) is 5.37 Å². The van der Waals surface area contributed by atoms with Gasteiger partial charge in [-0.25, -0.2) is 14.6 Å². The normalized spacial score (nSPS) is 21.8. The highest BCUT2D eigenvalue weighted by atomic mass is 35.5. The van der Waals surface area contributed by atoms with E-state index in [1.165, 1.54) is 19.1 Å². The summed E-state index contributed by atoms with van der Waals surface area (Å²) in [7, 11) is 2.41. The van der Waals surface area contributed by atoms with Crippen molar-refractivity contribution in [3.05, 3.63) is 22.8 Å². The number of alkyl halides is 3. The third-order valence-electron chi connectivity index (χ3n) is 5.34. The van der Waals surface area contributed by atoms with Gasteiger partial charge in [0.1, 0.15) is 11.9 Å². The highest BCUT2D eigenvalue weighted by Crippen LogP contribution is 2.34. The van der Waals surface area contributed by atoms with Gasteiger partial charge in [-0.1, -0.05) is 11.6 Å². The Morgan fingerprint density at radius 2 is 1.79 bits per heavy atom. The van der Waals surface area contributed by atoms with Crippen molar-refractivity contribution in [2.75, 3.05) is 57.6 Å². The van der Waals surface area contributed by atoms with Crippen LogP contribution in [0, 0.1) is 0 Å². The summed E-state index contributed by atoms with van der Waals surface area (Å²) < 4.78 is 48.0. The number of methoxy groups -OCH3 is 2. The van der Waals surface area contributed by atoms with Gasteiger partial charge in [0.05, 0.1) is 31.4 Å². The van der Waals surface area contributed by atoms with Crippen LogP contribution in [0.1, 0.15) is 5.56 Å². The van der Waals surface area contributed by atoms with Gasteiger partial charge in [0.25, 0.3) is 0 Å². The summed E-state index contributed by atoms with van der Waals surface area (Å²) >= 11 is 7.15. The lowest BCUT2D eigenvalue weighted by atomic mass is 10.2. The fraction of sp³-hybridized carbons (Fsp3) is 0.579. The molecule has 0 saturated carbocycles. The van der Waals surface area contributed by atoms with Crippen LogP contribution in [0.4, 0.5) is 19.0 Å². The molecule has 182 valence electrons. The molecule has 2 aliphatic heterocycles. The van der Waals surface area contributed by atoms with Crippen LogP contribution < -0.4 is 4.90 Å². The molecule has 0 N–H and O–H groups in total. The Balaban J connectivity index is 1.63. The largest absolute Gasteiger partial charge is 0.467 e. The summed E-state index contributed by atoms with van der Waals surface area (Å²) in [6.45, 7) is 1.50. The number of aromatic nitrogens is 1. The number of piperazine rings is 1. The molecule has 3 heterocycles. The average Bonchev–Trinajstić information content (AvgIpc) is 3.23. The third kappa shape index (κ3) is 5.64. The van der Waals surface area contributed by atoms with E-state index in [0.29, 0.717) is 26.2 Å². The van der Waals surface area contributed by atoms with E-state index in [9.17, 15) is 27.6 Å². The Morgan fingerprint density at radius 1 is 1.15 bits per heavy atom. The predicted molar refractivity (Wildman–Crippen MR) is 114 cm³/mol. The lowest BCUT2D eigenvalue weighted by Crippen LogP contribution is -2.54. The number of carbonyl (C=O) groups excluding carboxylic acids is 3. The molecule has 0 spiro atoms. The van der Waals surface area contributed by atoms with Crippen LogP contribution in [-0.4, -0.2) is 96.7 Å². The summed E-state index contributed by atoms with van der Waals surface area (Å²) in [5, 5.41) is -1.05. The minimum Gasteiger partial charge on any atom is -0.467 e. The highest BCUT2D eigenvalue weighted by Gasteiger charge is 2.46. The Hall–Kier alpha value is -2.25. The van der Waals surface area contributed by atoms with Crippen molar-refractivity contribution in [1.29, 1.82) is 0 Å². The Morgan fingerprint density at radius 3 is 2.33 bits per heavy atom. The van der Waals surface area contributed by atoms with Gasteiger partial charge in [0, 0.05) is 38.1 Å². The summed E-state index contributed by atoms with van der Waals surface area (Å²) in [6, 6.07) is -0.0573. The zero-order valence-corrected chi connectivity index (χ0v) is 19.4. The van der Waals surface area contributed by atoms with E-state index < -0.39 is 41.0 Å². The lowest BCUT2D eigenvalue weighted by Gasteiger charge is -2.36. The van der Waals surface area contributed by atoms with Crippen molar-refractivity contribution in [2.24, 2.45) is 0 Å². The Bertz CT molecular complexity index is 890. The second kappa shape index (κ2) is 10.3. The first kappa shape index (κ1) is 25.4. The first-order chi connectivity index (χ1) is 15.6. The number of amides is 1. The van der Waals surface area contributed by atoms with Gasteiger partial charge in [-0.3, -0.25) is 9.69 Å². The summed E-state index contributed by atoms with van der Waals surface area (Å²) in [6.07, 6.45) is -3.80. The zero-order valence-electron chi connectivity index (χ0n) is 17.8.